The van der Waals surface area contributed by atoms with Crippen LogP contribution in [0.1, 0.15) is 23.7 Å². The van der Waals surface area contributed by atoms with Gasteiger partial charge in [-0.1, -0.05) is 18.2 Å². The molecular formula is C16H16N2O3. The Morgan fingerprint density at radius 2 is 2.14 bits per heavy atom. The minimum Gasteiger partial charge on any atom is -0.467 e. The van der Waals surface area contributed by atoms with Gasteiger partial charge in [0.15, 0.2) is 0 Å². The summed E-state index contributed by atoms with van der Waals surface area (Å²) >= 11 is 0. The van der Waals surface area contributed by atoms with Crippen molar-refractivity contribution in [3.05, 3.63) is 54.0 Å². The number of para-hydroxylation sites is 1. The predicted molar refractivity (Wildman–Crippen MR) is 77.6 cm³/mol. The fourth-order valence-electron chi connectivity index (χ4n) is 2.61. The van der Waals surface area contributed by atoms with E-state index < -0.39 is 5.92 Å². The van der Waals surface area contributed by atoms with E-state index in [-0.39, 0.29) is 18.2 Å². The summed E-state index contributed by atoms with van der Waals surface area (Å²) in [6, 6.07) is 11.0. The minimum absolute atomic E-state index is 0.0753. The van der Waals surface area contributed by atoms with Crippen LogP contribution in [-0.2, 0) is 16.1 Å². The first-order chi connectivity index (χ1) is 10.1. The fraction of sp³-hybridized carbons (Fsp3) is 0.250. The number of furan rings is 1. The number of carbonyl (C=O) groups is 2. The molecule has 2 aromatic rings. The zero-order valence-corrected chi connectivity index (χ0v) is 11.7. The largest absolute Gasteiger partial charge is 0.467 e. The number of amides is 2. The molecule has 1 N–H and O–H groups in total. The van der Waals surface area contributed by atoms with E-state index in [4.69, 9.17) is 4.42 Å². The minimum atomic E-state index is -0.435. The Bertz CT molecular complexity index is 664. The van der Waals surface area contributed by atoms with Gasteiger partial charge in [-0.25, -0.2) is 0 Å². The van der Waals surface area contributed by atoms with Gasteiger partial charge in [-0.2, -0.15) is 0 Å². The molecule has 1 aliphatic rings. The molecule has 5 nitrogen and oxygen atoms in total. The average Bonchev–Trinajstić information content (AvgIpc) is 2.98. The molecule has 1 aromatic heterocycles. The normalized spacial score (nSPS) is 17.0. The Hall–Kier alpha value is -2.56. The molecule has 0 aliphatic carbocycles. The molecule has 2 amide bonds. The van der Waals surface area contributed by atoms with Gasteiger partial charge in [-0.3, -0.25) is 9.59 Å². The first kappa shape index (κ1) is 13.4. The van der Waals surface area contributed by atoms with E-state index >= 15 is 0 Å². The summed E-state index contributed by atoms with van der Waals surface area (Å²) in [5.74, 6) is 0.0847. The van der Waals surface area contributed by atoms with Crippen LogP contribution in [0.15, 0.2) is 47.1 Å². The van der Waals surface area contributed by atoms with Crippen LogP contribution in [-0.4, -0.2) is 23.8 Å². The molecule has 0 spiro atoms. The summed E-state index contributed by atoms with van der Waals surface area (Å²) in [7, 11) is 1.72. The van der Waals surface area contributed by atoms with E-state index in [1.807, 2.05) is 30.3 Å². The van der Waals surface area contributed by atoms with Crippen molar-refractivity contribution in [2.45, 2.75) is 18.9 Å². The van der Waals surface area contributed by atoms with Crippen molar-refractivity contribution in [3.63, 3.8) is 0 Å². The van der Waals surface area contributed by atoms with Crippen molar-refractivity contribution in [2.75, 3.05) is 12.4 Å². The lowest BCUT2D eigenvalue weighted by molar-refractivity contribution is -0.134. The van der Waals surface area contributed by atoms with Crippen LogP contribution in [0.2, 0.25) is 0 Å². The molecule has 0 fully saturated rings. The molecule has 1 aromatic carbocycles. The van der Waals surface area contributed by atoms with Crippen molar-refractivity contribution in [1.29, 1.82) is 0 Å². The highest BCUT2D eigenvalue weighted by Crippen LogP contribution is 2.33. The number of nitrogens with one attached hydrogen (secondary N) is 1. The third kappa shape index (κ3) is 2.67. The topological polar surface area (TPSA) is 62.6 Å². The maximum absolute atomic E-state index is 12.6. The predicted octanol–water partition coefficient (Wildman–Crippen LogP) is 2.36. The van der Waals surface area contributed by atoms with Crippen LogP contribution in [0.5, 0.6) is 0 Å². The van der Waals surface area contributed by atoms with Gasteiger partial charge in [-0.15, -0.1) is 0 Å². The molecule has 2 heterocycles. The summed E-state index contributed by atoms with van der Waals surface area (Å²) in [4.78, 5) is 26.0. The van der Waals surface area contributed by atoms with E-state index in [0.717, 1.165) is 17.0 Å². The van der Waals surface area contributed by atoms with Crippen LogP contribution in [0, 0.1) is 0 Å². The quantitative estimate of drug-likeness (QED) is 0.941. The van der Waals surface area contributed by atoms with E-state index in [9.17, 15) is 9.59 Å². The van der Waals surface area contributed by atoms with Gasteiger partial charge in [0.1, 0.15) is 5.76 Å². The zero-order chi connectivity index (χ0) is 14.8. The molecule has 0 bridgehead atoms. The van der Waals surface area contributed by atoms with E-state index in [0.29, 0.717) is 6.54 Å². The second-order valence-corrected chi connectivity index (χ2v) is 5.17. The number of benzene rings is 1. The molecule has 21 heavy (non-hydrogen) atoms. The van der Waals surface area contributed by atoms with Gasteiger partial charge < -0.3 is 14.6 Å². The second-order valence-electron chi connectivity index (χ2n) is 5.17. The average molecular weight is 284 g/mol. The molecular weight excluding hydrogens is 268 g/mol. The summed E-state index contributed by atoms with van der Waals surface area (Å²) < 4.78 is 5.26. The highest BCUT2D eigenvalue weighted by molar-refractivity contribution is 6.01. The zero-order valence-electron chi connectivity index (χ0n) is 11.7. The van der Waals surface area contributed by atoms with Gasteiger partial charge in [0.05, 0.1) is 18.7 Å². The number of carbonyl (C=O) groups excluding carboxylic acids is 2. The molecule has 3 rings (SSSR count). The SMILES string of the molecule is CN(Cc1ccco1)C(=O)[C@H]1CC(=O)Nc2ccccc21. The maximum atomic E-state index is 12.6. The van der Waals surface area contributed by atoms with Crippen LogP contribution in [0.25, 0.3) is 0 Å². The van der Waals surface area contributed by atoms with Gasteiger partial charge in [0.25, 0.3) is 0 Å². The fourth-order valence-corrected chi connectivity index (χ4v) is 2.61. The lowest BCUT2D eigenvalue weighted by Crippen LogP contribution is -2.36. The van der Waals surface area contributed by atoms with Gasteiger partial charge >= 0.3 is 0 Å². The van der Waals surface area contributed by atoms with Crippen LogP contribution in [0.3, 0.4) is 0 Å². The lowest BCUT2D eigenvalue weighted by atomic mass is 9.89. The number of hydrogen-bond acceptors (Lipinski definition) is 3. The number of anilines is 1. The van der Waals surface area contributed by atoms with Crippen molar-refractivity contribution < 1.29 is 14.0 Å². The van der Waals surface area contributed by atoms with Gasteiger partial charge in [-0.05, 0) is 23.8 Å². The smallest absolute Gasteiger partial charge is 0.230 e. The van der Waals surface area contributed by atoms with Crippen molar-refractivity contribution in [3.8, 4) is 0 Å². The molecule has 1 atom stereocenters. The summed E-state index contributed by atoms with van der Waals surface area (Å²) in [5.41, 5.74) is 1.59. The number of fused-ring (bicyclic) bond motifs is 1. The van der Waals surface area contributed by atoms with Crippen molar-refractivity contribution in [1.82, 2.24) is 4.90 Å². The molecule has 5 heteroatoms. The number of rotatable bonds is 3. The summed E-state index contributed by atoms with van der Waals surface area (Å²) in [6.07, 6.45) is 1.76. The number of nitrogens with zero attached hydrogens (tertiary/aromatic N) is 1. The summed E-state index contributed by atoms with van der Waals surface area (Å²) in [5, 5.41) is 2.80. The Morgan fingerprint density at radius 3 is 2.90 bits per heavy atom. The number of hydrogen-bond donors (Lipinski definition) is 1. The standard InChI is InChI=1S/C16H16N2O3/c1-18(10-11-5-4-8-21-11)16(20)13-9-15(19)17-14-7-3-2-6-12(13)14/h2-8,13H,9-10H2,1H3,(H,17,19)/t13-/m0/s1. The van der Waals surface area contributed by atoms with Gasteiger partial charge in [0.2, 0.25) is 11.8 Å². The monoisotopic (exact) mass is 284 g/mol. The Labute approximate surface area is 122 Å². The molecule has 1 aliphatic heterocycles. The maximum Gasteiger partial charge on any atom is 0.230 e. The summed E-state index contributed by atoms with van der Waals surface area (Å²) in [6.45, 7) is 0.395. The first-order valence-corrected chi connectivity index (χ1v) is 6.81. The molecule has 0 saturated heterocycles. The molecule has 108 valence electrons. The highest BCUT2D eigenvalue weighted by Gasteiger charge is 2.32. The van der Waals surface area contributed by atoms with Crippen LogP contribution in [0.4, 0.5) is 5.69 Å². The highest BCUT2D eigenvalue weighted by atomic mass is 16.3. The molecule has 0 radical (unpaired) electrons. The Kier molecular flexibility index (Phi) is 3.48. The number of likely N-dealkylation sites (N-methyl/N-ethyl adjacent to an activating group) is 1. The van der Waals surface area contributed by atoms with Crippen LogP contribution < -0.4 is 5.32 Å². The Morgan fingerprint density at radius 1 is 1.33 bits per heavy atom. The van der Waals surface area contributed by atoms with E-state index in [1.165, 1.54) is 0 Å². The van der Waals surface area contributed by atoms with Gasteiger partial charge in [0, 0.05) is 19.2 Å². The van der Waals surface area contributed by atoms with E-state index in [1.54, 1.807) is 24.3 Å². The van der Waals surface area contributed by atoms with E-state index in [2.05, 4.69) is 5.32 Å². The first-order valence-electron chi connectivity index (χ1n) is 6.81. The molecule has 0 saturated carbocycles. The Balaban J connectivity index is 1.82. The van der Waals surface area contributed by atoms with Crippen molar-refractivity contribution >= 4 is 17.5 Å². The second kappa shape index (κ2) is 5.44. The van der Waals surface area contributed by atoms with Crippen molar-refractivity contribution in [2.24, 2.45) is 0 Å². The van der Waals surface area contributed by atoms with Crippen LogP contribution >= 0.6 is 0 Å². The third-order valence-corrected chi connectivity index (χ3v) is 3.65. The lowest BCUT2D eigenvalue weighted by Gasteiger charge is -2.28. The molecule has 0 unspecified atom stereocenters. The third-order valence-electron chi connectivity index (χ3n) is 3.65.